The molecule has 4 nitrogen and oxygen atoms in total. The van der Waals surface area contributed by atoms with Gasteiger partial charge in [0.2, 0.25) is 0 Å². The Morgan fingerprint density at radius 2 is 2.15 bits per heavy atom. The zero-order chi connectivity index (χ0) is 9.90. The van der Waals surface area contributed by atoms with Crippen LogP contribution in [0.2, 0.25) is 0 Å². The predicted octanol–water partition coefficient (Wildman–Crippen LogP) is -0.0390. The first-order chi connectivity index (χ1) is 6.05. The Hall–Kier alpha value is -0.130. The van der Waals surface area contributed by atoms with Gasteiger partial charge in [-0.25, -0.2) is 8.42 Å². The molecule has 0 unspecified atom stereocenters. The highest BCUT2D eigenvalue weighted by Crippen LogP contribution is 2.15. The van der Waals surface area contributed by atoms with E-state index in [2.05, 4.69) is 0 Å². The maximum absolute atomic E-state index is 11.0. The summed E-state index contributed by atoms with van der Waals surface area (Å²) in [4.78, 5) is 0. The second-order valence-electron chi connectivity index (χ2n) is 3.41. The maximum atomic E-state index is 11.0. The van der Waals surface area contributed by atoms with E-state index in [1.54, 1.807) is 0 Å². The van der Waals surface area contributed by atoms with E-state index in [0.29, 0.717) is 6.61 Å². The van der Waals surface area contributed by atoms with Crippen molar-refractivity contribution in [3.8, 4) is 0 Å². The van der Waals surface area contributed by atoms with Crippen LogP contribution in [0.1, 0.15) is 19.8 Å². The third-order valence-corrected chi connectivity index (χ3v) is 3.79. The van der Waals surface area contributed by atoms with E-state index in [-0.39, 0.29) is 11.5 Å². The summed E-state index contributed by atoms with van der Waals surface area (Å²) >= 11 is 0. The van der Waals surface area contributed by atoms with E-state index in [4.69, 9.17) is 4.74 Å². The smallest absolute Gasteiger partial charge is 0.155 e. The summed E-state index contributed by atoms with van der Waals surface area (Å²) in [5.41, 5.74) is 0. The van der Waals surface area contributed by atoms with E-state index in [1.807, 2.05) is 6.92 Å². The van der Waals surface area contributed by atoms with Crippen LogP contribution in [0.4, 0.5) is 0 Å². The maximum Gasteiger partial charge on any atom is 0.155 e. The third kappa shape index (κ3) is 3.25. The van der Waals surface area contributed by atoms with Crippen molar-refractivity contribution in [2.75, 3.05) is 18.1 Å². The fraction of sp³-hybridized carbons (Fsp3) is 1.00. The molecule has 13 heavy (non-hydrogen) atoms. The average molecular weight is 208 g/mol. The van der Waals surface area contributed by atoms with Crippen LogP contribution in [0.15, 0.2) is 0 Å². The first-order valence-electron chi connectivity index (χ1n) is 4.55. The third-order valence-electron chi connectivity index (χ3n) is 2.10. The molecule has 1 heterocycles. The minimum Gasteiger partial charge on any atom is -0.389 e. The molecule has 2 atom stereocenters. The predicted molar refractivity (Wildman–Crippen MR) is 49.3 cm³/mol. The summed E-state index contributed by atoms with van der Waals surface area (Å²) in [6, 6.07) is 0. The van der Waals surface area contributed by atoms with Crippen molar-refractivity contribution in [2.45, 2.75) is 32.0 Å². The van der Waals surface area contributed by atoms with Crippen molar-refractivity contribution >= 4 is 9.84 Å². The van der Waals surface area contributed by atoms with E-state index in [9.17, 15) is 13.5 Å². The van der Waals surface area contributed by atoms with Crippen LogP contribution in [-0.4, -0.2) is 43.8 Å². The Morgan fingerprint density at radius 3 is 2.62 bits per heavy atom. The number of hydrogen-bond acceptors (Lipinski definition) is 4. The summed E-state index contributed by atoms with van der Waals surface area (Å²) in [6.45, 7) is 2.57. The molecule has 78 valence electrons. The fourth-order valence-corrected chi connectivity index (χ4v) is 3.03. The average Bonchev–Trinajstić information content (AvgIpc) is 2.25. The van der Waals surface area contributed by atoms with Crippen LogP contribution < -0.4 is 0 Å². The molecule has 0 aromatic carbocycles. The molecule has 0 aromatic rings. The minimum absolute atomic E-state index is 0.0299. The number of aliphatic hydroxyl groups excluding tert-OH is 1. The second-order valence-corrected chi connectivity index (χ2v) is 5.56. The molecule has 1 aliphatic heterocycles. The Labute approximate surface area is 78.8 Å². The lowest BCUT2D eigenvalue weighted by molar-refractivity contribution is -0.00854. The molecule has 0 aromatic heterocycles. The summed E-state index contributed by atoms with van der Waals surface area (Å²) in [5, 5.41) is 9.32. The number of hydrogen-bond donors (Lipinski definition) is 1. The van der Waals surface area contributed by atoms with E-state index in [0.717, 1.165) is 12.8 Å². The number of aliphatic hydroxyl groups is 1. The Kier molecular flexibility index (Phi) is 3.70. The number of rotatable bonds is 4. The quantitative estimate of drug-likeness (QED) is 0.658. The van der Waals surface area contributed by atoms with Crippen molar-refractivity contribution < 1.29 is 18.3 Å². The van der Waals surface area contributed by atoms with Gasteiger partial charge in [-0.1, -0.05) is 13.3 Å². The first kappa shape index (κ1) is 10.9. The molecule has 1 rings (SSSR count). The highest BCUT2D eigenvalue weighted by atomic mass is 32.2. The molecule has 0 amide bonds. The van der Waals surface area contributed by atoms with Gasteiger partial charge < -0.3 is 9.84 Å². The molecule has 1 fully saturated rings. The largest absolute Gasteiger partial charge is 0.389 e. The highest BCUT2D eigenvalue weighted by Gasteiger charge is 2.36. The molecule has 0 saturated carbocycles. The van der Waals surface area contributed by atoms with Gasteiger partial charge in [0.05, 0.1) is 23.7 Å². The van der Waals surface area contributed by atoms with Gasteiger partial charge in [-0.05, 0) is 6.42 Å². The lowest BCUT2D eigenvalue weighted by Crippen LogP contribution is -2.27. The molecular weight excluding hydrogens is 192 g/mol. The zero-order valence-electron chi connectivity index (χ0n) is 7.77. The summed E-state index contributed by atoms with van der Waals surface area (Å²) in [5.74, 6) is -0.179. The second kappa shape index (κ2) is 4.39. The molecular formula is C8H16O4S. The molecule has 5 heteroatoms. The lowest BCUT2D eigenvalue weighted by atomic mass is 10.2. The van der Waals surface area contributed by atoms with Gasteiger partial charge >= 0.3 is 0 Å². The number of sulfone groups is 1. The summed E-state index contributed by atoms with van der Waals surface area (Å²) < 4.78 is 27.4. The van der Waals surface area contributed by atoms with Gasteiger partial charge in [0, 0.05) is 6.61 Å². The fourth-order valence-electron chi connectivity index (χ4n) is 1.34. The van der Waals surface area contributed by atoms with Gasteiger partial charge in [-0.15, -0.1) is 0 Å². The van der Waals surface area contributed by atoms with E-state index in [1.165, 1.54) is 0 Å². The van der Waals surface area contributed by atoms with Crippen molar-refractivity contribution in [1.29, 1.82) is 0 Å². The van der Waals surface area contributed by atoms with Gasteiger partial charge in [0.1, 0.15) is 0 Å². The molecule has 0 radical (unpaired) electrons. The Morgan fingerprint density at radius 1 is 1.46 bits per heavy atom. The van der Waals surface area contributed by atoms with Crippen molar-refractivity contribution in [3.05, 3.63) is 0 Å². The molecule has 0 aliphatic carbocycles. The van der Waals surface area contributed by atoms with Crippen LogP contribution in [-0.2, 0) is 14.6 Å². The topological polar surface area (TPSA) is 63.6 Å². The van der Waals surface area contributed by atoms with Gasteiger partial charge in [0.15, 0.2) is 9.84 Å². The molecule has 1 N–H and O–H groups in total. The normalized spacial score (nSPS) is 32.2. The number of unbranched alkanes of at least 4 members (excludes halogenated alkanes) is 1. The van der Waals surface area contributed by atoms with Crippen LogP contribution in [0.3, 0.4) is 0 Å². The monoisotopic (exact) mass is 208 g/mol. The molecule has 1 saturated heterocycles. The van der Waals surface area contributed by atoms with Crippen LogP contribution in [0.25, 0.3) is 0 Å². The van der Waals surface area contributed by atoms with Crippen molar-refractivity contribution in [3.63, 3.8) is 0 Å². The Balaban J connectivity index is 2.36. The molecule has 1 aliphatic rings. The highest BCUT2D eigenvalue weighted by molar-refractivity contribution is 7.91. The van der Waals surface area contributed by atoms with E-state index >= 15 is 0 Å². The van der Waals surface area contributed by atoms with Gasteiger partial charge in [-0.2, -0.15) is 0 Å². The van der Waals surface area contributed by atoms with Crippen LogP contribution in [0.5, 0.6) is 0 Å². The minimum atomic E-state index is -3.06. The van der Waals surface area contributed by atoms with Crippen LogP contribution >= 0.6 is 0 Å². The molecule has 0 spiro atoms. The van der Waals surface area contributed by atoms with Gasteiger partial charge in [0.25, 0.3) is 0 Å². The van der Waals surface area contributed by atoms with Gasteiger partial charge in [-0.3, -0.25) is 0 Å². The SMILES string of the molecule is CCCCO[C@@H]1CS(=O)(=O)C[C@H]1O. The standard InChI is InChI=1S/C8H16O4S/c1-2-3-4-12-8-6-13(10,11)5-7(8)9/h7-9H,2-6H2,1H3/t7-,8-/m1/s1. The summed E-state index contributed by atoms with van der Waals surface area (Å²) in [6.07, 6.45) is 0.581. The lowest BCUT2D eigenvalue weighted by Gasteiger charge is -2.13. The number of ether oxygens (including phenoxy) is 1. The first-order valence-corrected chi connectivity index (χ1v) is 6.37. The van der Waals surface area contributed by atoms with Crippen molar-refractivity contribution in [1.82, 2.24) is 0 Å². The summed E-state index contributed by atoms with van der Waals surface area (Å²) in [7, 11) is -3.06. The van der Waals surface area contributed by atoms with E-state index < -0.39 is 22.0 Å². The van der Waals surface area contributed by atoms with Crippen molar-refractivity contribution in [2.24, 2.45) is 0 Å². The zero-order valence-corrected chi connectivity index (χ0v) is 8.59. The van der Waals surface area contributed by atoms with Crippen LogP contribution in [0, 0.1) is 0 Å². The Bertz CT molecular complexity index is 247. The molecule has 0 bridgehead atoms.